The Morgan fingerprint density at radius 2 is 1.90 bits per heavy atom. The number of rotatable bonds is 3. The Kier molecular flexibility index (Phi) is 5.00. The van der Waals surface area contributed by atoms with Crippen LogP contribution in [0.4, 0.5) is 13.2 Å². The summed E-state index contributed by atoms with van der Waals surface area (Å²) in [6.45, 7) is 6.23. The van der Waals surface area contributed by atoms with E-state index in [1.807, 2.05) is 13.8 Å². The molecule has 1 aromatic carbocycles. The summed E-state index contributed by atoms with van der Waals surface area (Å²) in [6.07, 6.45) is -4.18. The lowest BCUT2D eigenvalue weighted by molar-refractivity contribution is -0.137. The molecule has 1 unspecified atom stereocenters. The van der Waals surface area contributed by atoms with Crippen molar-refractivity contribution in [2.24, 2.45) is 0 Å². The van der Waals surface area contributed by atoms with Crippen LogP contribution in [-0.2, 0) is 17.5 Å². The van der Waals surface area contributed by atoms with Crippen molar-refractivity contribution in [1.82, 2.24) is 4.90 Å². The summed E-state index contributed by atoms with van der Waals surface area (Å²) >= 11 is 3.43. The first kappa shape index (κ1) is 16.8. The Hall–Kier alpha value is -0.590. The third-order valence-corrected chi connectivity index (χ3v) is 4.13. The molecule has 1 aliphatic rings. The van der Waals surface area contributed by atoms with Crippen LogP contribution in [0.25, 0.3) is 0 Å². The lowest BCUT2D eigenvalue weighted by atomic mass is 10.0. The van der Waals surface area contributed by atoms with Gasteiger partial charge in [0, 0.05) is 25.0 Å². The number of benzene rings is 1. The molecule has 1 aliphatic heterocycles. The average Bonchev–Trinajstić information content (AvgIpc) is 2.36. The van der Waals surface area contributed by atoms with E-state index in [0.717, 1.165) is 36.1 Å². The number of hydrogen-bond donors (Lipinski definition) is 0. The van der Waals surface area contributed by atoms with E-state index in [1.165, 1.54) is 0 Å². The van der Waals surface area contributed by atoms with Gasteiger partial charge < -0.3 is 4.74 Å². The Bertz CT molecular complexity index is 473. The van der Waals surface area contributed by atoms with Crippen molar-refractivity contribution in [3.05, 3.63) is 35.4 Å². The number of halogens is 4. The maximum Gasteiger partial charge on any atom is 0.416 e. The van der Waals surface area contributed by atoms with Crippen molar-refractivity contribution in [2.75, 3.05) is 18.4 Å². The summed E-state index contributed by atoms with van der Waals surface area (Å²) in [5.41, 5.74) is 0.0312. The Balaban J connectivity index is 2.04. The molecule has 0 spiro atoms. The maximum absolute atomic E-state index is 12.5. The zero-order valence-corrected chi connectivity index (χ0v) is 13.7. The van der Waals surface area contributed by atoms with Crippen LogP contribution >= 0.6 is 15.9 Å². The van der Waals surface area contributed by atoms with Gasteiger partial charge in [-0.15, -0.1) is 0 Å². The van der Waals surface area contributed by atoms with E-state index in [2.05, 4.69) is 20.8 Å². The van der Waals surface area contributed by atoms with Gasteiger partial charge in [0.25, 0.3) is 0 Å². The van der Waals surface area contributed by atoms with Crippen LogP contribution in [0.15, 0.2) is 24.3 Å². The molecule has 1 saturated heterocycles. The van der Waals surface area contributed by atoms with E-state index in [0.29, 0.717) is 6.54 Å². The molecule has 0 amide bonds. The zero-order valence-electron chi connectivity index (χ0n) is 12.1. The van der Waals surface area contributed by atoms with Crippen LogP contribution in [0.1, 0.15) is 25.0 Å². The molecular weight excluding hydrogens is 347 g/mol. The van der Waals surface area contributed by atoms with Crippen molar-refractivity contribution < 1.29 is 17.9 Å². The number of ether oxygens (including phenoxy) is 1. The Morgan fingerprint density at radius 3 is 2.43 bits per heavy atom. The summed E-state index contributed by atoms with van der Waals surface area (Å²) in [4.78, 5) is 2.22. The number of alkyl halides is 4. The van der Waals surface area contributed by atoms with Gasteiger partial charge in [0.1, 0.15) is 0 Å². The highest BCUT2D eigenvalue weighted by Gasteiger charge is 2.33. The monoisotopic (exact) mass is 365 g/mol. The molecule has 0 aromatic heterocycles. The van der Waals surface area contributed by atoms with E-state index >= 15 is 0 Å². The van der Waals surface area contributed by atoms with Gasteiger partial charge in [0.05, 0.1) is 17.3 Å². The predicted molar refractivity (Wildman–Crippen MR) is 79.5 cm³/mol. The minimum absolute atomic E-state index is 0.100. The normalized spacial score (nSPS) is 23.2. The van der Waals surface area contributed by atoms with Gasteiger partial charge in [-0.3, -0.25) is 4.90 Å². The molecule has 1 atom stereocenters. The highest BCUT2D eigenvalue weighted by atomic mass is 79.9. The van der Waals surface area contributed by atoms with E-state index < -0.39 is 11.7 Å². The highest BCUT2D eigenvalue weighted by Crippen LogP contribution is 2.29. The van der Waals surface area contributed by atoms with E-state index in [9.17, 15) is 13.2 Å². The van der Waals surface area contributed by atoms with Crippen molar-refractivity contribution in [3.63, 3.8) is 0 Å². The summed E-state index contributed by atoms with van der Waals surface area (Å²) in [7, 11) is 0. The lowest BCUT2D eigenvalue weighted by Gasteiger charge is -2.42. The molecular formula is C15H19BrF3NO. The second-order valence-corrected chi connectivity index (χ2v) is 6.67. The molecule has 0 aliphatic carbocycles. The molecule has 118 valence electrons. The fraction of sp³-hybridized carbons (Fsp3) is 0.600. The summed E-state index contributed by atoms with van der Waals surface area (Å²) in [5, 5.41) is 0.750. The molecule has 1 fully saturated rings. The SMILES string of the molecule is CC1(C)CN(Cc2ccc(C(F)(F)F)cc2)CC(CBr)O1. The lowest BCUT2D eigenvalue weighted by Crippen LogP contribution is -2.52. The van der Waals surface area contributed by atoms with Gasteiger partial charge in [-0.1, -0.05) is 28.1 Å². The predicted octanol–water partition coefficient (Wildman–Crippen LogP) is 4.08. The molecule has 6 heteroatoms. The van der Waals surface area contributed by atoms with Crippen molar-refractivity contribution in [1.29, 1.82) is 0 Å². The molecule has 1 heterocycles. The van der Waals surface area contributed by atoms with Crippen LogP contribution in [0.2, 0.25) is 0 Å². The van der Waals surface area contributed by atoms with Crippen LogP contribution in [0.5, 0.6) is 0 Å². The Morgan fingerprint density at radius 1 is 1.29 bits per heavy atom. The Labute approximate surface area is 131 Å². The van der Waals surface area contributed by atoms with Crippen LogP contribution in [0.3, 0.4) is 0 Å². The van der Waals surface area contributed by atoms with Gasteiger partial charge in [0.15, 0.2) is 0 Å². The average molecular weight is 366 g/mol. The van der Waals surface area contributed by atoms with Crippen LogP contribution < -0.4 is 0 Å². The first-order valence-electron chi connectivity index (χ1n) is 6.82. The fourth-order valence-electron chi connectivity index (χ4n) is 2.67. The molecule has 0 saturated carbocycles. The minimum Gasteiger partial charge on any atom is -0.369 e. The molecule has 1 aromatic rings. The smallest absolute Gasteiger partial charge is 0.369 e. The summed E-state index contributed by atoms with van der Waals surface area (Å²) < 4.78 is 43.6. The van der Waals surface area contributed by atoms with Gasteiger partial charge >= 0.3 is 6.18 Å². The molecule has 0 N–H and O–H groups in total. The maximum atomic E-state index is 12.5. The highest BCUT2D eigenvalue weighted by molar-refractivity contribution is 9.09. The van der Waals surface area contributed by atoms with Gasteiger partial charge in [-0.05, 0) is 31.5 Å². The topological polar surface area (TPSA) is 12.5 Å². The molecule has 0 bridgehead atoms. The van der Waals surface area contributed by atoms with Crippen molar-refractivity contribution in [2.45, 2.75) is 38.3 Å². The molecule has 2 rings (SSSR count). The third-order valence-electron chi connectivity index (χ3n) is 3.41. The van der Waals surface area contributed by atoms with Gasteiger partial charge in [-0.25, -0.2) is 0 Å². The first-order valence-corrected chi connectivity index (χ1v) is 7.94. The van der Waals surface area contributed by atoms with E-state index in [4.69, 9.17) is 4.74 Å². The van der Waals surface area contributed by atoms with Crippen molar-refractivity contribution >= 4 is 15.9 Å². The number of nitrogens with zero attached hydrogens (tertiary/aromatic N) is 1. The molecule has 2 nitrogen and oxygen atoms in total. The second kappa shape index (κ2) is 6.26. The van der Waals surface area contributed by atoms with Gasteiger partial charge in [-0.2, -0.15) is 13.2 Å². The molecule has 21 heavy (non-hydrogen) atoms. The fourth-order valence-corrected chi connectivity index (χ4v) is 3.01. The number of hydrogen-bond acceptors (Lipinski definition) is 2. The van der Waals surface area contributed by atoms with Crippen LogP contribution in [-0.4, -0.2) is 35.0 Å². The van der Waals surface area contributed by atoms with E-state index in [-0.39, 0.29) is 11.7 Å². The van der Waals surface area contributed by atoms with Crippen LogP contribution in [0, 0.1) is 0 Å². The zero-order chi connectivity index (χ0) is 15.7. The van der Waals surface area contributed by atoms with E-state index in [1.54, 1.807) is 12.1 Å². The van der Waals surface area contributed by atoms with Gasteiger partial charge in [0.2, 0.25) is 0 Å². The summed E-state index contributed by atoms with van der Waals surface area (Å²) in [6, 6.07) is 5.38. The minimum atomic E-state index is -4.28. The standard InChI is InChI=1S/C15H19BrF3NO/c1-14(2)10-20(9-13(7-16)21-14)8-11-3-5-12(6-4-11)15(17,18)19/h3-6,13H,7-10H2,1-2H3. The number of morpholine rings is 1. The largest absolute Gasteiger partial charge is 0.416 e. The first-order chi connectivity index (χ1) is 9.69. The quantitative estimate of drug-likeness (QED) is 0.748. The second-order valence-electron chi connectivity index (χ2n) is 6.02. The summed E-state index contributed by atoms with van der Waals surface area (Å²) in [5.74, 6) is 0. The third kappa shape index (κ3) is 4.69. The molecule has 0 radical (unpaired) electrons. The van der Waals surface area contributed by atoms with Crippen molar-refractivity contribution in [3.8, 4) is 0 Å².